The highest BCUT2D eigenvalue weighted by molar-refractivity contribution is 5.56. The fourth-order valence-electron chi connectivity index (χ4n) is 1.97. The van der Waals surface area contributed by atoms with Crippen LogP contribution in [-0.4, -0.2) is 18.1 Å². The number of anilines is 1. The number of nitro benzene ring substituents is 1. The van der Waals surface area contributed by atoms with Gasteiger partial charge in [-0.1, -0.05) is 18.2 Å². The normalized spacial score (nSPS) is 10.2. The maximum Gasteiger partial charge on any atom is 0.271 e. The second-order valence-corrected chi connectivity index (χ2v) is 4.85. The van der Waals surface area contributed by atoms with Crippen molar-refractivity contribution in [3.8, 4) is 5.75 Å². The van der Waals surface area contributed by atoms with E-state index in [1.165, 1.54) is 6.07 Å². The smallest absolute Gasteiger partial charge is 0.271 e. The fourth-order valence-corrected chi connectivity index (χ4v) is 1.97. The number of nitro groups is 1. The lowest BCUT2D eigenvalue weighted by atomic mass is 10.2. The lowest BCUT2D eigenvalue weighted by Crippen LogP contribution is -2.12. The van der Waals surface area contributed by atoms with Gasteiger partial charge in [0.15, 0.2) is 0 Å². The number of ether oxygens (including phenoxy) is 1. The Kier molecular flexibility index (Phi) is 4.77. The van der Waals surface area contributed by atoms with Gasteiger partial charge in [0.25, 0.3) is 5.69 Å². The summed E-state index contributed by atoms with van der Waals surface area (Å²) in [5.41, 5.74) is 2.96. The summed E-state index contributed by atoms with van der Waals surface area (Å²) in [5, 5.41) is 13.9. The Morgan fingerprint density at radius 3 is 2.71 bits per heavy atom. The molecule has 0 aliphatic rings. The molecule has 2 aromatic carbocycles. The molecule has 1 N–H and O–H groups in total. The quantitative estimate of drug-likeness (QED) is 0.499. The minimum atomic E-state index is -0.395. The van der Waals surface area contributed by atoms with Crippen molar-refractivity contribution in [1.82, 2.24) is 0 Å². The first-order valence-corrected chi connectivity index (χ1v) is 6.74. The van der Waals surface area contributed by atoms with Crippen molar-refractivity contribution < 1.29 is 9.66 Å². The van der Waals surface area contributed by atoms with Crippen molar-refractivity contribution in [2.75, 3.05) is 18.5 Å². The van der Waals surface area contributed by atoms with E-state index in [-0.39, 0.29) is 5.69 Å². The van der Waals surface area contributed by atoms with Crippen LogP contribution in [-0.2, 0) is 0 Å². The van der Waals surface area contributed by atoms with Crippen molar-refractivity contribution in [2.45, 2.75) is 13.8 Å². The Morgan fingerprint density at radius 2 is 2.00 bits per heavy atom. The molecule has 0 spiro atoms. The van der Waals surface area contributed by atoms with Crippen LogP contribution in [0.5, 0.6) is 5.75 Å². The molecule has 0 saturated carbocycles. The van der Waals surface area contributed by atoms with Gasteiger partial charge in [0.05, 0.1) is 4.92 Å². The van der Waals surface area contributed by atoms with E-state index in [9.17, 15) is 10.1 Å². The number of hydrogen-bond acceptors (Lipinski definition) is 4. The molecule has 0 aliphatic carbocycles. The highest BCUT2D eigenvalue weighted by Crippen LogP contribution is 2.21. The first-order chi connectivity index (χ1) is 10.1. The van der Waals surface area contributed by atoms with Crippen LogP contribution in [0, 0.1) is 24.0 Å². The van der Waals surface area contributed by atoms with Crippen molar-refractivity contribution in [3.05, 3.63) is 63.7 Å². The van der Waals surface area contributed by atoms with Crippen LogP contribution in [0.1, 0.15) is 11.1 Å². The second-order valence-electron chi connectivity index (χ2n) is 4.85. The minimum absolute atomic E-state index is 0.0858. The first-order valence-electron chi connectivity index (χ1n) is 6.74. The van der Waals surface area contributed by atoms with Crippen LogP contribution in [0.2, 0.25) is 0 Å². The summed E-state index contributed by atoms with van der Waals surface area (Å²) in [6, 6.07) is 12.6. The van der Waals surface area contributed by atoms with E-state index >= 15 is 0 Å². The summed E-state index contributed by atoms with van der Waals surface area (Å²) in [6.07, 6.45) is 0. The van der Waals surface area contributed by atoms with E-state index < -0.39 is 4.92 Å². The third-order valence-corrected chi connectivity index (χ3v) is 3.11. The monoisotopic (exact) mass is 286 g/mol. The average molecular weight is 286 g/mol. The van der Waals surface area contributed by atoms with Crippen LogP contribution in [0.25, 0.3) is 0 Å². The molecule has 110 valence electrons. The maximum absolute atomic E-state index is 10.8. The highest BCUT2D eigenvalue weighted by Gasteiger charge is 2.08. The average Bonchev–Trinajstić information content (AvgIpc) is 2.45. The van der Waals surface area contributed by atoms with Gasteiger partial charge in [0.1, 0.15) is 12.4 Å². The molecule has 5 heteroatoms. The zero-order valence-corrected chi connectivity index (χ0v) is 12.1. The molecule has 0 heterocycles. The Morgan fingerprint density at radius 1 is 1.19 bits per heavy atom. The molecule has 0 atom stereocenters. The topological polar surface area (TPSA) is 64.4 Å². The molecule has 0 fully saturated rings. The highest BCUT2D eigenvalue weighted by atomic mass is 16.6. The number of nitrogens with zero attached hydrogens (tertiary/aromatic N) is 1. The van der Waals surface area contributed by atoms with Gasteiger partial charge in [-0.15, -0.1) is 0 Å². The van der Waals surface area contributed by atoms with Crippen LogP contribution in [0.3, 0.4) is 0 Å². The molecule has 5 nitrogen and oxygen atoms in total. The maximum atomic E-state index is 10.8. The largest absolute Gasteiger partial charge is 0.492 e. The standard InChI is InChI=1S/C16H18N2O3/c1-12-4-3-5-15(10-12)21-9-8-17-16-11-14(18(19)20)7-6-13(16)2/h3-7,10-11,17H,8-9H2,1-2H3. The molecule has 0 unspecified atom stereocenters. The summed E-state index contributed by atoms with van der Waals surface area (Å²) >= 11 is 0. The molecular weight excluding hydrogens is 268 g/mol. The molecule has 0 bridgehead atoms. The molecule has 0 aliphatic heterocycles. The third kappa shape index (κ3) is 4.21. The Hall–Kier alpha value is -2.56. The van der Waals surface area contributed by atoms with Crippen molar-refractivity contribution in [1.29, 1.82) is 0 Å². The lowest BCUT2D eigenvalue weighted by Gasteiger charge is -2.11. The van der Waals surface area contributed by atoms with Crippen LogP contribution in [0.15, 0.2) is 42.5 Å². The Balaban J connectivity index is 1.88. The number of benzene rings is 2. The van der Waals surface area contributed by atoms with E-state index in [0.29, 0.717) is 13.2 Å². The Labute approximate surface area is 123 Å². The summed E-state index contributed by atoms with van der Waals surface area (Å²) < 4.78 is 5.63. The summed E-state index contributed by atoms with van der Waals surface area (Å²) in [6.45, 7) is 4.99. The molecule has 0 aromatic heterocycles. The Bertz CT molecular complexity index is 641. The zero-order chi connectivity index (χ0) is 15.2. The van der Waals surface area contributed by atoms with E-state index in [1.807, 2.05) is 38.1 Å². The summed E-state index contributed by atoms with van der Waals surface area (Å²) in [5.74, 6) is 0.826. The molecular formula is C16H18N2O3. The van der Waals surface area contributed by atoms with Gasteiger partial charge in [-0.2, -0.15) is 0 Å². The minimum Gasteiger partial charge on any atom is -0.492 e. The number of aryl methyl sites for hydroxylation is 2. The van der Waals surface area contributed by atoms with Crippen LogP contribution < -0.4 is 10.1 Å². The van der Waals surface area contributed by atoms with Crippen molar-refractivity contribution in [3.63, 3.8) is 0 Å². The lowest BCUT2D eigenvalue weighted by molar-refractivity contribution is -0.384. The molecule has 2 rings (SSSR count). The van der Waals surface area contributed by atoms with Crippen LogP contribution in [0.4, 0.5) is 11.4 Å². The molecule has 0 radical (unpaired) electrons. The van der Waals surface area contributed by atoms with E-state index in [4.69, 9.17) is 4.74 Å². The van der Waals surface area contributed by atoms with Crippen molar-refractivity contribution in [2.24, 2.45) is 0 Å². The summed E-state index contributed by atoms with van der Waals surface area (Å²) in [7, 11) is 0. The molecule has 0 saturated heterocycles. The summed E-state index contributed by atoms with van der Waals surface area (Å²) in [4.78, 5) is 10.4. The van der Waals surface area contributed by atoms with Gasteiger partial charge in [0.2, 0.25) is 0 Å². The van der Waals surface area contributed by atoms with Crippen molar-refractivity contribution >= 4 is 11.4 Å². The molecule has 2 aromatic rings. The molecule has 21 heavy (non-hydrogen) atoms. The zero-order valence-electron chi connectivity index (χ0n) is 12.1. The van der Waals surface area contributed by atoms with Gasteiger partial charge < -0.3 is 10.1 Å². The number of hydrogen-bond donors (Lipinski definition) is 1. The predicted molar refractivity (Wildman–Crippen MR) is 83.0 cm³/mol. The number of rotatable bonds is 6. The fraction of sp³-hybridized carbons (Fsp3) is 0.250. The molecule has 0 amide bonds. The van der Waals surface area contributed by atoms with E-state index in [1.54, 1.807) is 12.1 Å². The first kappa shape index (κ1) is 14.8. The van der Waals surface area contributed by atoms with Gasteiger partial charge in [-0.25, -0.2) is 0 Å². The third-order valence-electron chi connectivity index (χ3n) is 3.11. The number of nitrogens with one attached hydrogen (secondary N) is 1. The van der Waals surface area contributed by atoms with Gasteiger partial charge in [0, 0.05) is 24.4 Å². The van der Waals surface area contributed by atoms with Crippen LogP contribution >= 0.6 is 0 Å². The van der Waals surface area contributed by atoms with Gasteiger partial charge in [-0.05, 0) is 37.1 Å². The van der Waals surface area contributed by atoms with E-state index in [0.717, 1.165) is 22.6 Å². The number of non-ortho nitro benzene ring substituents is 1. The van der Waals surface area contributed by atoms with E-state index in [2.05, 4.69) is 5.32 Å². The van der Waals surface area contributed by atoms with Gasteiger partial charge >= 0.3 is 0 Å². The van der Waals surface area contributed by atoms with Gasteiger partial charge in [-0.3, -0.25) is 10.1 Å². The SMILES string of the molecule is Cc1cccc(OCCNc2cc([N+](=O)[O-])ccc2C)c1. The second kappa shape index (κ2) is 6.74. The predicted octanol–water partition coefficient (Wildman–Crippen LogP) is 3.70.